The largest absolute Gasteiger partial charge is 0.478 e. The highest BCUT2D eigenvalue weighted by Gasteiger charge is 2.46. The van der Waals surface area contributed by atoms with E-state index in [2.05, 4.69) is 24.1 Å². The van der Waals surface area contributed by atoms with Gasteiger partial charge in [-0.3, -0.25) is 0 Å². The molecule has 1 unspecified atom stereocenters. The number of para-hydroxylation sites is 1. The van der Waals surface area contributed by atoms with Crippen LogP contribution in [0.5, 0.6) is 5.75 Å². The lowest BCUT2D eigenvalue weighted by atomic mass is 10.0. The smallest absolute Gasteiger partial charge is 0.337 e. The summed E-state index contributed by atoms with van der Waals surface area (Å²) in [5.74, 6) is -0.728. The van der Waals surface area contributed by atoms with Crippen LogP contribution in [0.4, 0.5) is 5.69 Å². The molecule has 6 nitrogen and oxygen atoms in total. The van der Waals surface area contributed by atoms with E-state index >= 15 is 0 Å². The number of hydrogen-bond acceptors (Lipinski definition) is 5. The van der Waals surface area contributed by atoms with Crippen molar-refractivity contribution in [2.24, 2.45) is 5.92 Å². The molecular formula is C16H22N2O4. The van der Waals surface area contributed by atoms with E-state index in [-0.39, 0.29) is 11.6 Å². The zero-order valence-electron chi connectivity index (χ0n) is 13.1. The third kappa shape index (κ3) is 2.42. The molecule has 1 fully saturated rings. The molecule has 0 amide bonds. The molecule has 2 aliphatic rings. The van der Waals surface area contributed by atoms with Crippen LogP contribution in [0.3, 0.4) is 0 Å². The van der Waals surface area contributed by atoms with Crippen LogP contribution >= 0.6 is 0 Å². The number of carboxylic acid groups (broad SMARTS) is 1. The van der Waals surface area contributed by atoms with Crippen molar-refractivity contribution in [3.63, 3.8) is 0 Å². The first-order chi connectivity index (χ1) is 10.4. The molecule has 0 spiro atoms. The lowest BCUT2D eigenvalue weighted by Crippen LogP contribution is -2.63. The number of morpholine rings is 1. The molecule has 0 aromatic heterocycles. The summed E-state index contributed by atoms with van der Waals surface area (Å²) in [5, 5.41) is 12.6. The fourth-order valence-corrected chi connectivity index (χ4v) is 3.23. The number of carbonyl (C=O) groups is 1. The van der Waals surface area contributed by atoms with Crippen LogP contribution in [0.1, 0.15) is 31.1 Å². The first kappa shape index (κ1) is 15.1. The van der Waals surface area contributed by atoms with Gasteiger partial charge in [-0.15, -0.1) is 0 Å². The maximum atomic E-state index is 11.4. The number of nitrogens with one attached hydrogen (secondary N) is 1. The molecule has 2 aliphatic heterocycles. The van der Waals surface area contributed by atoms with Crippen LogP contribution in [0.2, 0.25) is 0 Å². The molecular weight excluding hydrogens is 284 g/mol. The van der Waals surface area contributed by atoms with Gasteiger partial charge in [0.1, 0.15) is 5.75 Å². The lowest BCUT2D eigenvalue weighted by Gasteiger charge is -2.46. The molecule has 0 saturated carbocycles. The second kappa shape index (κ2) is 5.44. The Kier molecular flexibility index (Phi) is 3.74. The Morgan fingerprint density at radius 3 is 2.95 bits per heavy atom. The van der Waals surface area contributed by atoms with Crippen LogP contribution in [0.25, 0.3) is 0 Å². The minimum absolute atomic E-state index is 0.217. The summed E-state index contributed by atoms with van der Waals surface area (Å²) in [6, 6.07) is 5.30. The van der Waals surface area contributed by atoms with Crippen LogP contribution in [0, 0.1) is 5.92 Å². The zero-order valence-corrected chi connectivity index (χ0v) is 13.1. The van der Waals surface area contributed by atoms with Crippen LogP contribution in [-0.2, 0) is 4.74 Å². The van der Waals surface area contributed by atoms with Gasteiger partial charge in [0.05, 0.1) is 24.5 Å². The minimum atomic E-state index is -0.959. The molecule has 22 heavy (non-hydrogen) atoms. The first-order valence-electron chi connectivity index (χ1n) is 7.60. The Balaban J connectivity index is 1.92. The summed E-state index contributed by atoms with van der Waals surface area (Å²) in [6.45, 7) is 8.29. The minimum Gasteiger partial charge on any atom is -0.478 e. The van der Waals surface area contributed by atoms with E-state index in [9.17, 15) is 9.90 Å². The van der Waals surface area contributed by atoms with Gasteiger partial charge in [0.25, 0.3) is 0 Å². The second-order valence-corrected chi connectivity index (χ2v) is 6.27. The molecule has 1 aromatic carbocycles. The van der Waals surface area contributed by atoms with E-state index in [0.717, 1.165) is 6.54 Å². The maximum Gasteiger partial charge on any atom is 0.337 e. The summed E-state index contributed by atoms with van der Waals surface area (Å²) in [7, 11) is 0. The molecule has 1 saturated heterocycles. The Labute approximate surface area is 130 Å². The summed E-state index contributed by atoms with van der Waals surface area (Å²) in [6.07, 6.45) is 0. The summed E-state index contributed by atoms with van der Waals surface area (Å²) in [4.78, 5) is 13.6. The highest BCUT2D eigenvalue weighted by atomic mass is 16.5. The standard InChI is InChI=1S/C16H22N2O4/c1-10(2)12-9-21-8-7-18(12)16(3)17-14-11(15(19)20)5-4-6-13(14)22-16/h4-6,10,12,17H,7-9H2,1-3H3,(H,19,20)/t12?,16-/m1/s1. The Bertz CT molecular complexity index is 590. The van der Waals surface area contributed by atoms with E-state index in [1.165, 1.54) is 0 Å². The molecule has 6 heteroatoms. The van der Waals surface area contributed by atoms with Gasteiger partial charge in [-0.2, -0.15) is 0 Å². The van der Waals surface area contributed by atoms with Crippen molar-refractivity contribution in [1.29, 1.82) is 0 Å². The number of carboxylic acids is 1. The van der Waals surface area contributed by atoms with Gasteiger partial charge in [0.2, 0.25) is 5.85 Å². The van der Waals surface area contributed by atoms with E-state index in [1.807, 2.05) is 6.92 Å². The molecule has 0 radical (unpaired) electrons. The van der Waals surface area contributed by atoms with Gasteiger partial charge >= 0.3 is 5.97 Å². The number of nitrogens with zero attached hydrogens (tertiary/aromatic N) is 1. The molecule has 2 atom stereocenters. The third-order valence-corrected chi connectivity index (χ3v) is 4.41. The first-order valence-corrected chi connectivity index (χ1v) is 7.60. The van der Waals surface area contributed by atoms with Crippen molar-refractivity contribution in [2.45, 2.75) is 32.7 Å². The number of ether oxygens (including phenoxy) is 2. The van der Waals surface area contributed by atoms with E-state index in [0.29, 0.717) is 30.6 Å². The fraction of sp³-hybridized carbons (Fsp3) is 0.562. The zero-order chi connectivity index (χ0) is 15.9. The van der Waals surface area contributed by atoms with Crippen molar-refractivity contribution in [3.8, 4) is 5.75 Å². The Morgan fingerprint density at radius 1 is 1.50 bits per heavy atom. The molecule has 0 bridgehead atoms. The summed E-state index contributed by atoms with van der Waals surface area (Å²) < 4.78 is 11.7. The number of aromatic carboxylic acids is 1. The molecule has 0 aliphatic carbocycles. The van der Waals surface area contributed by atoms with Crippen molar-refractivity contribution in [2.75, 3.05) is 25.1 Å². The summed E-state index contributed by atoms with van der Waals surface area (Å²) in [5.41, 5.74) is 0.780. The van der Waals surface area contributed by atoms with Crippen LogP contribution in [-0.4, -0.2) is 47.6 Å². The second-order valence-electron chi connectivity index (χ2n) is 6.27. The maximum absolute atomic E-state index is 11.4. The topological polar surface area (TPSA) is 71.0 Å². The predicted molar refractivity (Wildman–Crippen MR) is 82.2 cm³/mol. The average Bonchev–Trinajstić information content (AvgIpc) is 2.84. The van der Waals surface area contributed by atoms with Crippen LogP contribution in [0.15, 0.2) is 18.2 Å². The molecule has 1 aromatic rings. The fourth-order valence-electron chi connectivity index (χ4n) is 3.23. The average molecular weight is 306 g/mol. The highest BCUT2D eigenvalue weighted by molar-refractivity contribution is 5.96. The number of hydrogen-bond donors (Lipinski definition) is 2. The van der Waals surface area contributed by atoms with Gasteiger partial charge in [-0.1, -0.05) is 19.9 Å². The monoisotopic (exact) mass is 306 g/mol. The number of fused-ring (bicyclic) bond motifs is 1. The number of anilines is 1. The van der Waals surface area contributed by atoms with E-state index < -0.39 is 11.8 Å². The van der Waals surface area contributed by atoms with Crippen molar-refractivity contribution >= 4 is 11.7 Å². The van der Waals surface area contributed by atoms with Crippen molar-refractivity contribution in [3.05, 3.63) is 23.8 Å². The predicted octanol–water partition coefficient (Wildman–Crippen LogP) is 2.22. The SMILES string of the molecule is CC(C)C1COCCN1[C@@]1(C)Nc2c(cccc2C(=O)O)O1. The van der Waals surface area contributed by atoms with Crippen molar-refractivity contribution < 1.29 is 19.4 Å². The number of benzene rings is 1. The van der Waals surface area contributed by atoms with Crippen molar-refractivity contribution in [1.82, 2.24) is 4.90 Å². The van der Waals surface area contributed by atoms with Gasteiger partial charge in [-0.05, 0) is 18.1 Å². The lowest BCUT2D eigenvalue weighted by molar-refractivity contribution is -0.130. The van der Waals surface area contributed by atoms with Gasteiger partial charge in [-0.25, -0.2) is 9.69 Å². The molecule has 120 valence electrons. The quantitative estimate of drug-likeness (QED) is 0.892. The van der Waals surface area contributed by atoms with Gasteiger partial charge < -0.3 is 19.9 Å². The molecule has 2 N–H and O–H groups in total. The molecule has 3 rings (SSSR count). The van der Waals surface area contributed by atoms with E-state index in [4.69, 9.17) is 9.47 Å². The van der Waals surface area contributed by atoms with Crippen LogP contribution < -0.4 is 10.1 Å². The summed E-state index contributed by atoms with van der Waals surface area (Å²) >= 11 is 0. The third-order valence-electron chi connectivity index (χ3n) is 4.41. The highest BCUT2D eigenvalue weighted by Crippen LogP contribution is 2.42. The Hall–Kier alpha value is -1.79. The van der Waals surface area contributed by atoms with E-state index in [1.54, 1.807) is 18.2 Å². The Morgan fingerprint density at radius 2 is 2.27 bits per heavy atom. The van der Waals surface area contributed by atoms with Gasteiger partial charge in [0, 0.05) is 19.5 Å². The molecule has 2 heterocycles. The number of rotatable bonds is 3. The normalized spacial score (nSPS) is 28.1. The van der Waals surface area contributed by atoms with Gasteiger partial charge in [0.15, 0.2) is 0 Å².